The minimum atomic E-state index is -0.844. The summed E-state index contributed by atoms with van der Waals surface area (Å²) < 4.78 is 11.6. The molecule has 0 heterocycles. The Balaban J connectivity index is 1.38. The van der Waals surface area contributed by atoms with E-state index in [1.807, 2.05) is 41.5 Å². The van der Waals surface area contributed by atoms with Crippen molar-refractivity contribution in [2.45, 2.75) is 183 Å². The first-order valence-electron chi connectivity index (χ1n) is 20.0. The number of rotatable bonds is 12. The number of nitrogens with one attached hydrogen (secondary N) is 2. The van der Waals surface area contributed by atoms with E-state index in [0.29, 0.717) is 17.3 Å². The Kier molecular flexibility index (Phi) is 12.6. The van der Waals surface area contributed by atoms with Crippen molar-refractivity contribution in [3.8, 4) is 0 Å². The molecule has 0 radical (unpaired) electrons. The summed E-state index contributed by atoms with van der Waals surface area (Å²) in [5.74, 6) is 2.42. The molecule has 0 aromatic carbocycles. The van der Waals surface area contributed by atoms with Gasteiger partial charge in [0.05, 0.1) is 5.60 Å². The van der Waals surface area contributed by atoms with Gasteiger partial charge in [-0.15, -0.1) is 0 Å². The van der Waals surface area contributed by atoms with Crippen LogP contribution in [0.4, 0.5) is 4.79 Å². The third-order valence-electron chi connectivity index (χ3n) is 13.4. The molecule has 0 aromatic rings. The smallest absolute Gasteiger partial charge is 0.408 e. The number of fused-ring (bicyclic) bond motifs is 5. The third kappa shape index (κ3) is 9.28. The predicted molar refractivity (Wildman–Crippen MR) is 199 cm³/mol. The summed E-state index contributed by atoms with van der Waals surface area (Å²) >= 11 is 0. The molecule has 4 aliphatic carbocycles. The van der Waals surface area contributed by atoms with Crippen LogP contribution in [-0.2, 0) is 19.1 Å². The highest BCUT2D eigenvalue weighted by Gasteiger charge is 2.59. The Bertz CT molecular complexity index is 1250. The lowest BCUT2D eigenvalue weighted by Gasteiger charge is -2.58. The first-order chi connectivity index (χ1) is 23.1. The van der Waals surface area contributed by atoms with Crippen LogP contribution in [0.15, 0.2) is 11.6 Å². The molecular weight excluding hydrogens is 628 g/mol. The van der Waals surface area contributed by atoms with Crippen LogP contribution in [0.2, 0.25) is 0 Å². The summed E-state index contributed by atoms with van der Waals surface area (Å²) in [5.41, 5.74) is 0.743. The van der Waals surface area contributed by atoms with Crippen LogP contribution in [0.25, 0.3) is 0 Å². The Labute approximate surface area is 304 Å². The van der Waals surface area contributed by atoms with E-state index in [4.69, 9.17) is 9.47 Å². The van der Waals surface area contributed by atoms with Gasteiger partial charge in [-0.05, 0) is 138 Å². The molecule has 10 atom stereocenters. The largest absolute Gasteiger partial charge is 0.461 e. The van der Waals surface area contributed by atoms with Gasteiger partial charge in [-0.2, -0.15) is 0 Å². The van der Waals surface area contributed by atoms with Crippen LogP contribution >= 0.6 is 0 Å². The summed E-state index contributed by atoms with van der Waals surface area (Å²) in [6, 6.07) is -1.66. The first kappa shape index (κ1) is 40.7. The molecule has 3 fully saturated rings. The third-order valence-corrected chi connectivity index (χ3v) is 13.4. The van der Waals surface area contributed by atoms with E-state index in [1.165, 1.54) is 37.7 Å². The van der Waals surface area contributed by atoms with Crippen LogP contribution in [0, 0.1) is 52.3 Å². The molecule has 4 rings (SSSR count). The van der Waals surface area contributed by atoms with Gasteiger partial charge in [-0.1, -0.05) is 73.0 Å². The highest BCUT2D eigenvalue weighted by atomic mass is 16.6. The molecule has 0 aliphatic heterocycles. The number of aliphatic hydroxyl groups is 1. The zero-order valence-corrected chi connectivity index (χ0v) is 33.6. The molecule has 0 aromatic heterocycles. The zero-order valence-electron chi connectivity index (χ0n) is 33.6. The molecule has 8 heteroatoms. The number of amides is 2. The fourth-order valence-electron chi connectivity index (χ4n) is 10.7. The van der Waals surface area contributed by atoms with E-state index in [0.717, 1.165) is 56.3 Å². The number of hydrogen-bond acceptors (Lipinski definition) is 6. The fraction of sp³-hybridized carbons (Fsp3) is 0.881. The van der Waals surface area contributed by atoms with Crippen molar-refractivity contribution < 1.29 is 29.0 Å². The maximum Gasteiger partial charge on any atom is 0.408 e. The van der Waals surface area contributed by atoms with Gasteiger partial charge in [-0.25, -0.2) is 9.59 Å². The number of hydrogen-bond donors (Lipinski definition) is 3. The van der Waals surface area contributed by atoms with Gasteiger partial charge in [0.2, 0.25) is 5.91 Å². The van der Waals surface area contributed by atoms with Crippen molar-refractivity contribution in [1.82, 2.24) is 10.6 Å². The SMILES string of the molecule is CC(C)[C@H](NC(=O)OC(C)(C)C)C(=O)N[C@@H](C(=O)O[C@H]1CC[C@@]2(C)C(=CC[C@H]3[C@@H]4CC[C@H]([C@H](C)CCCC(C)(C)O)[C@@]4(C)CC[C@@H]32)C1)C(C)C. The van der Waals surface area contributed by atoms with Crippen LogP contribution in [-0.4, -0.2) is 52.5 Å². The van der Waals surface area contributed by atoms with Gasteiger partial charge < -0.3 is 25.2 Å². The highest BCUT2D eigenvalue weighted by Crippen LogP contribution is 2.67. The molecule has 3 N–H and O–H groups in total. The molecule has 3 saturated carbocycles. The van der Waals surface area contributed by atoms with Crippen molar-refractivity contribution in [2.75, 3.05) is 0 Å². The molecule has 0 saturated heterocycles. The minimum Gasteiger partial charge on any atom is -0.461 e. The van der Waals surface area contributed by atoms with Crippen LogP contribution < -0.4 is 10.6 Å². The summed E-state index contributed by atoms with van der Waals surface area (Å²) in [6.07, 6.45) is 13.8. The predicted octanol–water partition coefficient (Wildman–Crippen LogP) is 8.74. The van der Waals surface area contributed by atoms with Gasteiger partial charge in [0.15, 0.2) is 0 Å². The van der Waals surface area contributed by atoms with E-state index in [1.54, 1.807) is 20.8 Å². The Morgan fingerprint density at radius 2 is 1.56 bits per heavy atom. The molecule has 8 nitrogen and oxygen atoms in total. The minimum absolute atomic E-state index is 0.146. The Morgan fingerprint density at radius 1 is 0.900 bits per heavy atom. The van der Waals surface area contributed by atoms with E-state index >= 15 is 0 Å². The van der Waals surface area contributed by atoms with E-state index in [-0.39, 0.29) is 23.4 Å². The summed E-state index contributed by atoms with van der Waals surface area (Å²) in [5, 5.41) is 15.8. The monoisotopic (exact) mass is 701 g/mol. The Hall–Kier alpha value is -2.09. The van der Waals surface area contributed by atoms with E-state index in [2.05, 4.69) is 37.5 Å². The average Bonchev–Trinajstić information content (AvgIpc) is 3.34. The summed E-state index contributed by atoms with van der Waals surface area (Å²) in [7, 11) is 0. The van der Waals surface area contributed by atoms with Crippen molar-refractivity contribution >= 4 is 18.0 Å². The molecule has 0 bridgehead atoms. The van der Waals surface area contributed by atoms with Crippen LogP contribution in [0.1, 0.15) is 154 Å². The van der Waals surface area contributed by atoms with Crippen molar-refractivity contribution in [1.29, 1.82) is 0 Å². The van der Waals surface area contributed by atoms with Gasteiger partial charge in [-0.3, -0.25) is 4.79 Å². The van der Waals surface area contributed by atoms with Crippen molar-refractivity contribution in [2.24, 2.45) is 52.3 Å². The first-order valence-corrected chi connectivity index (χ1v) is 20.0. The van der Waals surface area contributed by atoms with Crippen LogP contribution in [0.3, 0.4) is 0 Å². The lowest BCUT2D eigenvalue weighted by molar-refractivity contribution is -0.157. The molecule has 0 unspecified atom stereocenters. The second-order valence-electron chi connectivity index (χ2n) is 19.6. The highest BCUT2D eigenvalue weighted by molar-refractivity contribution is 5.90. The van der Waals surface area contributed by atoms with Crippen LogP contribution in [0.5, 0.6) is 0 Å². The van der Waals surface area contributed by atoms with Gasteiger partial charge in [0.25, 0.3) is 0 Å². The maximum atomic E-state index is 13.6. The van der Waals surface area contributed by atoms with E-state index in [9.17, 15) is 19.5 Å². The fourth-order valence-corrected chi connectivity index (χ4v) is 10.7. The average molecular weight is 701 g/mol. The number of carbonyl (C=O) groups is 3. The zero-order chi connectivity index (χ0) is 37.4. The quantitative estimate of drug-likeness (QED) is 0.139. The maximum absolute atomic E-state index is 13.6. The van der Waals surface area contributed by atoms with Gasteiger partial charge >= 0.3 is 12.1 Å². The molecule has 50 heavy (non-hydrogen) atoms. The number of ether oxygens (including phenoxy) is 2. The molecule has 0 spiro atoms. The Morgan fingerprint density at radius 3 is 2.16 bits per heavy atom. The molecular formula is C42H72N2O6. The molecule has 286 valence electrons. The molecule has 4 aliphatic rings. The second kappa shape index (κ2) is 15.5. The normalized spacial score (nSPS) is 32.9. The lowest BCUT2D eigenvalue weighted by Crippen LogP contribution is -2.56. The number of alkyl carbamates (subject to hydrolysis) is 1. The standard InChI is InChI=1S/C42H72N2O6/c1-25(2)34(44-38(47)50-39(6,7)8)36(45)43-35(26(3)4)37(46)49-29-19-22-41(11)28(24-29)15-16-30-32-18-17-31(42(32,12)23-20-33(30)41)27(5)14-13-21-40(9,10)48/h15,25-27,29-35,48H,13-14,16-24H2,1-12H3,(H,43,45)(H,44,47)/t27-,29+,30+,31-,32+,33+,34+,35-,41+,42-/m1/s1. The second-order valence-corrected chi connectivity index (χ2v) is 19.6. The lowest BCUT2D eigenvalue weighted by atomic mass is 9.47. The van der Waals surface area contributed by atoms with Gasteiger partial charge in [0.1, 0.15) is 23.8 Å². The van der Waals surface area contributed by atoms with Crippen molar-refractivity contribution in [3.05, 3.63) is 11.6 Å². The number of carbonyl (C=O) groups excluding carboxylic acids is 3. The van der Waals surface area contributed by atoms with E-state index < -0.39 is 41.3 Å². The van der Waals surface area contributed by atoms with Gasteiger partial charge in [0, 0.05) is 6.42 Å². The number of esters is 1. The summed E-state index contributed by atoms with van der Waals surface area (Å²) in [4.78, 5) is 39.5. The topological polar surface area (TPSA) is 114 Å². The molecule has 2 amide bonds. The number of allylic oxidation sites excluding steroid dienone is 1. The summed E-state index contributed by atoms with van der Waals surface area (Å²) in [6.45, 7) is 24.3. The van der Waals surface area contributed by atoms with Crippen molar-refractivity contribution in [3.63, 3.8) is 0 Å².